The molecule has 0 N–H and O–H groups in total. The SMILES string of the molecule is CCOC(=O)CCN(C)S(=O)(=O)c1c(F)cc(F)cc1F. The number of rotatable bonds is 6. The molecule has 21 heavy (non-hydrogen) atoms. The van der Waals surface area contributed by atoms with Crippen LogP contribution in [0.4, 0.5) is 13.2 Å². The van der Waals surface area contributed by atoms with E-state index >= 15 is 0 Å². The van der Waals surface area contributed by atoms with Crippen LogP contribution in [0.1, 0.15) is 13.3 Å². The Morgan fingerprint density at radius 3 is 2.24 bits per heavy atom. The summed E-state index contributed by atoms with van der Waals surface area (Å²) in [5.74, 6) is -4.93. The molecule has 0 aliphatic rings. The van der Waals surface area contributed by atoms with Crippen LogP contribution in [0.15, 0.2) is 17.0 Å². The van der Waals surface area contributed by atoms with Gasteiger partial charge in [0.25, 0.3) is 0 Å². The van der Waals surface area contributed by atoms with Gasteiger partial charge in [-0.25, -0.2) is 25.9 Å². The Morgan fingerprint density at radius 1 is 1.24 bits per heavy atom. The van der Waals surface area contributed by atoms with E-state index in [1.165, 1.54) is 0 Å². The minimum absolute atomic E-state index is 0.135. The summed E-state index contributed by atoms with van der Waals surface area (Å²) < 4.78 is 69.1. The molecule has 0 bridgehead atoms. The molecule has 0 aromatic heterocycles. The van der Waals surface area contributed by atoms with Crippen LogP contribution in [-0.4, -0.2) is 38.9 Å². The molecule has 0 amide bonds. The standard InChI is InChI=1S/C12H14F3NO4S/c1-3-20-11(17)4-5-16(2)21(18,19)12-9(14)6-8(13)7-10(12)15/h6-7H,3-5H2,1-2H3. The zero-order valence-corrected chi connectivity index (χ0v) is 12.2. The Kier molecular flexibility index (Phi) is 5.73. The molecule has 0 aliphatic heterocycles. The van der Waals surface area contributed by atoms with Crippen molar-refractivity contribution < 1.29 is 31.1 Å². The van der Waals surface area contributed by atoms with E-state index in [1.807, 2.05) is 0 Å². The lowest BCUT2D eigenvalue weighted by atomic mass is 10.3. The van der Waals surface area contributed by atoms with Gasteiger partial charge in [0, 0.05) is 25.7 Å². The van der Waals surface area contributed by atoms with E-state index in [-0.39, 0.29) is 31.7 Å². The number of hydrogen-bond acceptors (Lipinski definition) is 4. The molecular formula is C12H14F3NO4S. The highest BCUT2D eigenvalue weighted by Gasteiger charge is 2.29. The molecule has 118 valence electrons. The molecular weight excluding hydrogens is 311 g/mol. The van der Waals surface area contributed by atoms with Crippen molar-refractivity contribution in [3.8, 4) is 0 Å². The lowest BCUT2D eigenvalue weighted by Crippen LogP contribution is -2.31. The van der Waals surface area contributed by atoms with E-state index < -0.39 is 38.3 Å². The first-order valence-electron chi connectivity index (χ1n) is 5.96. The molecule has 0 saturated carbocycles. The van der Waals surface area contributed by atoms with Crippen molar-refractivity contribution in [2.24, 2.45) is 0 Å². The minimum atomic E-state index is -4.52. The van der Waals surface area contributed by atoms with Crippen LogP contribution < -0.4 is 0 Å². The maximum Gasteiger partial charge on any atom is 0.307 e. The topological polar surface area (TPSA) is 63.7 Å². The van der Waals surface area contributed by atoms with Crippen molar-refractivity contribution in [3.63, 3.8) is 0 Å². The Morgan fingerprint density at radius 2 is 1.76 bits per heavy atom. The summed E-state index contributed by atoms with van der Waals surface area (Å²) in [5, 5.41) is 0. The first-order chi connectivity index (χ1) is 9.70. The number of carbonyl (C=O) groups is 1. The molecule has 1 aromatic carbocycles. The molecule has 0 atom stereocenters. The monoisotopic (exact) mass is 325 g/mol. The third-order valence-electron chi connectivity index (χ3n) is 2.57. The molecule has 0 spiro atoms. The van der Waals surface area contributed by atoms with E-state index in [1.54, 1.807) is 6.92 Å². The fourth-order valence-electron chi connectivity index (χ4n) is 1.53. The lowest BCUT2D eigenvalue weighted by molar-refractivity contribution is -0.143. The second kappa shape index (κ2) is 6.90. The maximum atomic E-state index is 13.5. The second-order valence-corrected chi connectivity index (χ2v) is 6.06. The average Bonchev–Trinajstić information content (AvgIpc) is 2.34. The Hall–Kier alpha value is -1.61. The molecule has 0 aliphatic carbocycles. The van der Waals surface area contributed by atoms with Gasteiger partial charge in [0.1, 0.15) is 17.5 Å². The predicted molar refractivity (Wildman–Crippen MR) is 67.4 cm³/mol. The van der Waals surface area contributed by atoms with Crippen molar-refractivity contribution in [2.75, 3.05) is 20.2 Å². The van der Waals surface area contributed by atoms with E-state index in [0.29, 0.717) is 4.31 Å². The normalized spacial score (nSPS) is 11.7. The third kappa shape index (κ3) is 4.18. The zero-order chi connectivity index (χ0) is 16.2. The lowest BCUT2D eigenvalue weighted by Gasteiger charge is -2.17. The Bertz CT molecular complexity index is 610. The number of halogens is 3. The predicted octanol–water partition coefficient (Wildman–Crippen LogP) is 1.68. The van der Waals surface area contributed by atoms with Crippen LogP contribution in [0.25, 0.3) is 0 Å². The van der Waals surface area contributed by atoms with E-state index in [0.717, 1.165) is 7.05 Å². The molecule has 0 saturated heterocycles. The van der Waals surface area contributed by atoms with Gasteiger partial charge in [0.15, 0.2) is 4.90 Å². The van der Waals surface area contributed by atoms with Gasteiger partial charge in [-0.2, -0.15) is 0 Å². The van der Waals surface area contributed by atoms with E-state index in [4.69, 9.17) is 0 Å². The first kappa shape index (κ1) is 17.4. The van der Waals surface area contributed by atoms with Gasteiger partial charge in [-0.15, -0.1) is 0 Å². The number of hydrogen-bond donors (Lipinski definition) is 0. The summed E-state index contributed by atoms with van der Waals surface area (Å²) in [6.45, 7) is 1.40. The van der Waals surface area contributed by atoms with Gasteiger partial charge < -0.3 is 4.74 Å². The van der Waals surface area contributed by atoms with Crippen LogP contribution in [0.3, 0.4) is 0 Å². The summed E-state index contributed by atoms with van der Waals surface area (Å²) >= 11 is 0. The van der Waals surface area contributed by atoms with Gasteiger partial charge in [-0.1, -0.05) is 0 Å². The maximum absolute atomic E-state index is 13.5. The molecule has 0 radical (unpaired) electrons. The molecule has 1 rings (SSSR count). The third-order valence-corrected chi connectivity index (χ3v) is 4.48. The quantitative estimate of drug-likeness (QED) is 0.747. The molecule has 9 heteroatoms. The minimum Gasteiger partial charge on any atom is -0.466 e. The fourth-order valence-corrected chi connectivity index (χ4v) is 2.79. The van der Waals surface area contributed by atoms with Crippen LogP contribution in [-0.2, 0) is 19.6 Å². The molecule has 5 nitrogen and oxygen atoms in total. The number of esters is 1. The van der Waals surface area contributed by atoms with Crippen molar-refractivity contribution in [2.45, 2.75) is 18.2 Å². The summed E-state index contributed by atoms with van der Waals surface area (Å²) in [5.41, 5.74) is 0. The summed E-state index contributed by atoms with van der Waals surface area (Å²) in [4.78, 5) is 9.89. The van der Waals surface area contributed by atoms with Crippen molar-refractivity contribution in [1.82, 2.24) is 4.31 Å². The van der Waals surface area contributed by atoms with Gasteiger partial charge >= 0.3 is 5.97 Å². The average molecular weight is 325 g/mol. The van der Waals surface area contributed by atoms with Gasteiger partial charge in [0.05, 0.1) is 13.0 Å². The van der Waals surface area contributed by atoms with E-state index in [9.17, 15) is 26.4 Å². The second-order valence-electron chi connectivity index (χ2n) is 4.08. The first-order valence-corrected chi connectivity index (χ1v) is 7.40. The highest BCUT2D eigenvalue weighted by atomic mass is 32.2. The molecule has 0 fully saturated rings. The van der Waals surface area contributed by atoms with Crippen LogP contribution in [0.5, 0.6) is 0 Å². The highest BCUT2D eigenvalue weighted by molar-refractivity contribution is 7.89. The van der Waals surface area contributed by atoms with Crippen LogP contribution in [0, 0.1) is 17.5 Å². The number of ether oxygens (including phenoxy) is 1. The van der Waals surface area contributed by atoms with Crippen molar-refractivity contribution in [3.05, 3.63) is 29.6 Å². The molecule has 0 unspecified atom stereocenters. The molecule has 0 heterocycles. The summed E-state index contributed by atoms with van der Waals surface area (Å²) in [7, 11) is -3.47. The smallest absolute Gasteiger partial charge is 0.307 e. The zero-order valence-electron chi connectivity index (χ0n) is 11.4. The summed E-state index contributed by atoms with van der Waals surface area (Å²) in [6, 6.07) is 0.546. The van der Waals surface area contributed by atoms with Crippen molar-refractivity contribution >= 4 is 16.0 Å². The fraction of sp³-hybridized carbons (Fsp3) is 0.417. The van der Waals surface area contributed by atoms with Crippen LogP contribution in [0.2, 0.25) is 0 Å². The van der Waals surface area contributed by atoms with E-state index in [2.05, 4.69) is 4.74 Å². The number of sulfonamides is 1. The Balaban J connectivity index is 2.98. The van der Waals surface area contributed by atoms with Crippen molar-refractivity contribution in [1.29, 1.82) is 0 Å². The highest BCUT2D eigenvalue weighted by Crippen LogP contribution is 2.23. The number of carbonyl (C=O) groups excluding carboxylic acids is 1. The summed E-state index contributed by atoms with van der Waals surface area (Å²) in [6.07, 6.45) is -0.270. The number of nitrogens with zero attached hydrogens (tertiary/aromatic N) is 1. The molecule has 1 aromatic rings. The van der Waals surface area contributed by atoms with Gasteiger partial charge in [-0.05, 0) is 6.92 Å². The Labute approximate surface area is 120 Å². The van der Waals surface area contributed by atoms with Gasteiger partial charge in [-0.3, -0.25) is 4.79 Å². The number of benzene rings is 1. The largest absolute Gasteiger partial charge is 0.466 e. The van der Waals surface area contributed by atoms with Crippen LogP contribution >= 0.6 is 0 Å². The van der Waals surface area contributed by atoms with Gasteiger partial charge in [0.2, 0.25) is 10.0 Å².